The van der Waals surface area contributed by atoms with Crippen LogP contribution in [0.3, 0.4) is 0 Å². The fourth-order valence-corrected chi connectivity index (χ4v) is 3.18. The molecule has 0 fully saturated rings. The number of carbonyl (C=O) groups excluding carboxylic acids is 1. The van der Waals surface area contributed by atoms with E-state index in [0.29, 0.717) is 12.2 Å². The molecule has 2 N–H and O–H groups in total. The highest BCUT2D eigenvalue weighted by atomic mass is 16.7. The SMILES string of the molecule is Cc1n[nH]c(C)c1C1CC(=O)Nc2cc3c(cc21)OCO3. The van der Waals surface area contributed by atoms with Gasteiger partial charge in [-0.2, -0.15) is 5.10 Å². The summed E-state index contributed by atoms with van der Waals surface area (Å²) in [6, 6.07) is 3.81. The van der Waals surface area contributed by atoms with E-state index < -0.39 is 0 Å². The topological polar surface area (TPSA) is 76.2 Å². The molecule has 2 aromatic rings. The predicted molar refractivity (Wildman–Crippen MR) is 75.7 cm³/mol. The molecule has 108 valence electrons. The first-order valence-electron chi connectivity index (χ1n) is 6.88. The third-order valence-electron chi connectivity index (χ3n) is 4.12. The molecule has 1 aromatic heterocycles. The number of aromatic nitrogens is 2. The molecule has 0 bridgehead atoms. The van der Waals surface area contributed by atoms with Crippen LogP contribution in [-0.4, -0.2) is 22.9 Å². The number of hydrogen-bond acceptors (Lipinski definition) is 4. The molecule has 0 radical (unpaired) electrons. The summed E-state index contributed by atoms with van der Waals surface area (Å²) in [7, 11) is 0. The molecule has 1 aromatic carbocycles. The molecule has 1 amide bonds. The number of amides is 1. The Morgan fingerprint density at radius 3 is 2.71 bits per heavy atom. The van der Waals surface area contributed by atoms with Gasteiger partial charge in [0.1, 0.15) is 0 Å². The molecule has 6 nitrogen and oxygen atoms in total. The summed E-state index contributed by atoms with van der Waals surface area (Å²) in [6.07, 6.45) is 0.411. The maximum Gasteiger partial charge on any atom is 0.231 e. The minimum absolute atomic E-state index is 0.00589. The Morgan fingerprint density at radius 2 is 2.00 bits per heavy atom. The van der Waals surface area contributed by atoms with Crippen LogP contribution in [0, 0.1) is 13.8 Å². The van der Waals surface area contributed by atoms with Gasteiger partial charge in [0, 0.05) is 35.3 Å². The van der Waals surface area contributed by atoms with Crippen LogP contribution in [0.5, 0.6) is 11.5 Å². The molecule has 0 saturated carbocycles. The lowest BCUT2D eigenvalue weighted by Crippen LogP contribution is -2.24. The average Bonchev–Trinajstić information content (AvgIpc) is 3.02. The largest absolute Gasteiger partial charge is 0.454 e. The van der Waals surface area contributed by atoms with Crippen LogP contribution in [0.15, 0.2) is 12.1 Å². The maximum absolute atomic E-state index is 12.0. The van der Waals surface area contributed by atoms with Gasteiger partial charge in [0.2, 0.25) is 12.7 Å². The normalized spacial score (nSPS) is 19.3. The molecule has 0 aliphatic carbocycles. The van der Waals surface area contributed by atoms with Crippen molar-refractivity contribution in [3.63, 3.8) is 0 Å². The first-order valence-corrected chi connectivity index (χ1v) is 6.88. The molecule has 2 aliphatic rings. The van der Waals surface area contributed by atoms with Gasteiger partial charge in [-0.05, 0) is 25.5 Å². The predicted octanol–water partition coefficient (Wildman–Crippen LogP) is 2.23. The second-order valence-electron chi connectivity index (χ2n) is 5.45. The van der Waals surface area contributed by atoms with Gasteiger partial charge in [0.15, 0.2) is 11.5 Å². The van der Waals surface area contributed by atoms with Crippen LogP contribution in [0.25, 0.3) is 0 Å². The monoisotopic (exact) mass is 285 g/mol. The molecular weight excluding hydrogens is 270 g/mol. The van der Waals surface area contributed by atoms with Crippen molar-refractivity contribution >= 4 is 11.6 Å². The number of anilines is 1. The third-order valence-corrected chi connectivity index (χ3v) is 4.12. The van der Waals surface area contributed by atoms with Gasteiger partial charge < -0.3 is 14.8 Å². The van der Waals surface area contributed by atoms with Crippen molar-refractivity contribution in [1.82, 2.24) is 10.2 Å². The van der Waals surface area contributed by atoms with Crippen molar-refractivity contribution in [3.05, 3.63) is 34.6 Å². The first kappa shape index (κ1) is 12.3. The first-order chi connectivity index (χ1) is 10.1. The highest BCUT2D eigenvalue weighted by molar-refractivity contribution is 5.96. The number of nitrogens with one attached hydrogen (secondary N) is 2. The maximum atomic E-state index is 12.0. The zero-order chi connectivity index (χ0) is 14.6. The fourth-order valence-electron chi connectivity index (χ4n) is 3.18. The van der Waals surface area contributed by atoms with Crippen molar-refractivity contribution in [2.45, 2.75) is 26.2 Å². The second kappa shape index (κ2) is 4.25. The Kier molecular flexibility index (Phi) is 2.48. The van der Waals surface area contributed by atoms with Crippen molar-refractivity contribution in [3.8, 4) is 11.5 Å². The van der Waals surface area contributed by atoms with Gasteiger partial charge in [-0.1, -0.05) is 0 Å². The summed E-state index contributed by atoms with van der Waals surface area (Å²) in [5, 5.41) is 10.2. The Balaban J connectivity index is 1.90. The number of hydrogen-bond donors (Lipinski definition) is 2. The van der Waals surface area contributed by atoms with Crippen molar-refractivity contribution in [2.24, 2.45) is 0 Å². The van der Waals surface area contributed by atoms with E-state index in [0.717, 1.165) is 34.0 Å². The Hall–Kier alpha value is -2.50. The van der Waals surface area contributed by atoms with Crippen LogP contribution < -0.4 is 14.8 Å². The van der Waals surface area contributed by atoms with Crippen molar-refractivity contribution in [1.29, 1.82) is 0 Å². The summed E-state index contributed by atoms with van der Waals surface area (Å²) < 4.78 is 10.8. The van der Waals surface area contributed by atoms with Crippen molar-refractivity contribution in [2.75, 3.05) is 12.1 Å². The van der Waals surface area contributed by atoms with Gasteiger partial charge in [-0.3, -0.25) is 9.89 Å². The molecular formula is C15H15N3O3. The molecule has 4 rings (SSSR count). The molecule has 1 atom stereocenters. The Bertz CT molecular complexity index is 731. The number of fused-ring (bicyclic) bond motifs is 2. The van der Waals surface area contributed by atoms with Crippen molar-refractivity contribution < 1.29 is 14.3 Å². The molecule has 21 heavy (non-hydrogen) atoms. The minimum atomic E-state index is -0.0120. The van der Waals surface area contributed by atoms with Crippen LogP contribution in [-0.2, 0) is 4.79 Å². The number of aryl methyl sites for hydroxylation is 2. The lowest BCUT2D eigenvalue weighted by atomic mass is 9.83. The van der Waals surface area contributed by atoms with Gasteiger partial charge in [0.05, 0.1) is 5.69 Å². The van der Waals surface area contributed by atoms with E-state index in [4.69, 9.17) is 9.47 Å². The van der Waals surface area contributed by atoms with E-state index in [1.807, 2.05) is 26.0 Å². The standard InChI is InChI=1S/C15H15N3O3/c1-7-15(8(2)18-17-7)10-4-14(19)16-11-5-13-12(3-9(10)11)20-6-21-13/h3,5,10H,4,6H2,1-2H3,(H,16,19)(H,17,18). The zero-order valence-corrected chi connectivity index (χ0v) is 11.8. The molecule has 0 saturated heterocycles. The van der Waals surface area contributed by atoms with Gasteiger partial charge in [0.25, 0.3) is 0 Å². The number of rotatable bonds is 1. The van der Waals surface area contributed by atoms with Crippen LogP contribution in [0.4, 0.5) is 5.69 Å². The average molecular weight is 285 g/mol. The molecule has 6 heteroatoms. The van der Waals surface area contributed by atoms with Gasteiger partial charge in [-0.15, -0.1) is 0 Å². The van der Waals surface area contributed by atoms with E-state index in [1.54, 1.807) is 0 Å². The zero-order valence-electron chi connectivity index (χ0n) is 11.8. The highest BCUT2D eigenvalue weighted by Gasteiger charge is 2.32. The number of aromatic amines is 1. The van der Waals surface area contributed by atoms with Gasteiger partial charge >= 0.3 is 0 Å². The summed E-state index contributed by atoms with van der Waals surface area (Å²) in [4.78, 5) is 12.0. The summed E-state index contributed by atoms with van der Waals surface area (Å²) in [6.45, 7) is 4.16. The van der Waals surface area contributed by atoms with E-state index in [1.165, 1.54) is 0 Å². The van der Waals surface area contributed by atoms with Crippen LogP contribution in [0.2, 0.25) is 0 Å². The van der Waals surface area contributed by atoms with Crippen LogP contribution >= 0.6 is 0 Å². The lowest BCUT2D eigenvalue weighted by Gasteiger charge is -2.26. The second-order valence-corrected chi connectivity index (χ2v) is 5.45. The lowest BCUT2D eigenvalue weighted by molar-refractivity contribution is -0.116. The summed E-state index contributed by atoms with van der Waals surface area (Å²) in [5.41, 5.74) is 4.85. The van der Waals surface area contributed by atoms with E-state index in [-0.39, 0.29) is 18.6 Å². The Morgan fingerprint density at radius 1 is 1.24 bits per heavy atom. The highest BCUT2D eigenvalue weighted by Crippen LogP contribution is 2.45. The van der Waals surface area contributed by atoms with E-state index in [2.05, 4.69) is 15.5 Å². The number of ether oxygens (including phenoxy) is 2. The van der Waals surface area contributed by atoms with E-state index in [9.17, 15) is 4.79 Å². The molecule has 2 aliphatic heterocycles. The summed E-state index contributed by atoms with van der Waals surface area (Å²) in [5.74, 6) is 1.40. The minimum Gasteiger partial charge on any atom is -0.454 e. The molecule has 1 unspecified atom stereocenters. The van der Waals surface area contributed by atoms with Crippen LogP contribution in [0.1, 0.15) is 34.9 Å². The van der Waals surface area contributed by atoms with Gasteiger partial charge in [-0.25, -0.2) is 0 Å². The number of nitrogens with zero attached hydrogens (tertiary/aromatic N) is 1. The smallest absolute Gasteiger partial charge is 0.231 e. The Labute approximate surface area is 121 Å². The molecule has 3 heterocycles. The molecule has 0 spiro atoms. The number of benzene rings is 1. The third kappa shape index (κ3) is 1.79. The fraction of sp³-hybridized carbons (Fsp3) is 0.333. The summed E-state index contributed by atoms with van der Waals surface area (Å²) >= 11 is 0. The quantitative estimate of drug-likeness (QED) is 0.842. The number of H-pyrrole nitrogens is 1. The van der Waals surface area contributed by atoms with E-state index >= 15 is 0 Å². The number of carbonyl (C=O) groups is 1.